The summed E-state index contributed by atoms with van der Waals surface area (Å²) < 4.78 is 0. The van der Waals surface area contributed by atoms with Crippen molar-refractivity contribution >= 4 is 23.2 Å². The van der Waals surface area contributed by atoms with Gasteiger partial charge in [0.2, 0.25) is 11.8 Å². The quantitative estimate of drug-likeness (QED) is 0.883. The van der Waals surface area contributed by atoms with Crippen molar-refractivity contribution in [1.82, 2.24) is 0 Å². The molecule has 0 heterocycles. The van der Waals surface area contributed by atoms with Gasteiger partial charge in [0, 0.05) is 23.2 Å². The van der Waals surface area contributed by atoms with Crippen LogP contribution in [0, 0.1) is 29.6 Å². The highest BCUT2D eigenvalue weighted by atomic mass is 16.2. The van der Waals surface area contributed by atoms with Crippen molar-refractivity contribution in [3.8, 4) is 0 Å². The first-order valence-electron chi connectivity index (χ1n) is 8.33. The molecule has 2 unspecified atom stereocenters. The molecule has 3 rings (SSSR count). The molecule has 2 fully saturated rings. The summed E-state index contributed by atoms with van der Waals surface area (Å²) in [5.74, 6) is 0.328. The van der Waals surface area contributed by atoms with Crippen LogP contribution < -0.4 is 10.6 Å². The number of nitrogens with one attached hydrogen (secondary N) is 2. The van der Waals surface area contributed by atoms with Crippen molar-refractivity contribution in [3.63, 3.8) is 0 Å². The summed E-state index contributed by atoms with van der Waals surface area (Å²) in [7, 11) is 0. The lowest BCUT2D eigenvalue weighted by molar-refractivity contribution is -0.118. The van der Waals surface area contributed by atoms with Crippen LogP contribution in [0.25, 0.3) is 0 Å². The van der Waals surface area contributed by atoms with Crippen LogP contribution in [-0.2, 0) is 9.59 Å². The molecule has 0 aromatic heterocycles. The minimum atomic E-state index is 0.0740. The summed E-state index contributed by atoms with van der Waals surface area (Å²) in [6.45, 7) is 10.4. The van der Waals surface area contributed by atoms with Crippen LogP contribution >= 0.6 is 0 Å². The fraction of sp³-hybridized carbons (Fsp3) is 0.579. The maximum atomic E-state index is 12.3. The van der Waals surface area contributed by atoms with E-state index in [0.717, 1.165) is 29.8 Å². The number of benzene rings is 1. The van der Waals surface area contributed by atoms with Crippen molar-refractivity contribution in [2.24, 2.45) is 22.7 Å². The van der Waals surface area contributed by atoms with Crippen molar-refractivity contribution < 1.29 is 9.59 Å². The zero-order valence-corrected chi connectivity index (χ0v) is 14.6. The minimum Gasteiger partial charge on any atom is -0.326 e. The van der Waals surface area contributed by atoms with Gasteiger partial charge in [0.1, 0.15) is 0 Å². The standard InChI is InChI=1S/C19H26N2O2/c1-11-14(20-16(22)12-9-18(12,2)3)7-6-8-15(11)21-17(23)13-10-19(13,4)5/h6-8,12-13H,9-10H2,1-5H3,(H,20,22)(H,21,23). The lowest BCUT2D eigenvalue weighted by Gasteiger charge is -2.14. The molecule has 2 N–H and O–H groups in total. The molecule has 2 atom stereocenters. The van der Waals surface area contributed by atoms with Gasteiger partial charge in [0.05, 0.1) is 0 Å². The topological polar surface area (TPSA) is 58.2 Å². The highest BCUT2D eigenvalue weighted by Crippen LogP contribution is 2.53. The van der Waals surface area contributed by atoms with Gasteiger partial charge in [-0.25, -0.2) is 0 Å². The third kappa shape index (κ3) is 3.12. The number of hydrogen-bond donors (Lipinski definition) is 2. The van der Waals surface area contributed by atoms with Gasteiger partial charge in [0.25, 0.3) is 0 Å². The van der Waals surface area contributed by atoms with Gasteiger partial charge < -0.3 is 10.6 Å². The fourth-order valence-electron chi connectivity index (χ4n) is 3.18. The first kappa shape index (κ1) is 16.0. The number of carbonyl (C=O) groups excluding carboxylic acids is 2. The molecule has 0 spiro atoms. The molecule has 2 saturated carbocycles. The molecule has 23 heavy (non-hydrogen) atoms. The summed E-state index contributed by atoms with van der Waals surface area (Å²) in [6, 6.07) is 5.65. The van der Waals surface area contributed by atoms with Gasteiger partial charge in [-0.3, -0.25) is 9.59 Å². The van der Waals surface area contributed by atoms with Crippen molar-refractivity contribution in [3.05, 3.63) is 23.8 Å². The molecule has 2 amide bonds. The Morgan fingerprint density at radius 2 is 1.26 bits per heavy atom. The Kier molecular flexibility index (Phi) is 3.54. The molecule has 4 nitrogen and oxygen atoms in total. The Morgan fingerprint density at radius 3 is 1.57 bits per heavy atom. The predicted molar refractivity (Wildman–Crippen MR) is 92.2 cm³/mol. The van der Waals surface area contributed by atoms with Crippen LogP contribution in [-0.4, -0.2) is 11.8 Å². The number of rotatable bonds is 4. The van der Waals surface area contributed by atoms with Gasteiger partial charge in [-0.15, -0.1) is 0 Å². The van der Waals surface area contributed by atoms with Crippen LogP contribution in [0.2, 0.25) is 0 Å². The fourth-order valence-corrected chi connectivity index (χ4v) is 3.18. The van der Waals surface area contributed by atoms with E-state index < -0.39 is 0 Å². The van der Waals surface area contributed by atoms with Crippen molar-refractivity contribution in [1.29, 1.82) is 0 Å². The minimum absolute atomic E-state index is 0.0740. The van der Waals surface area contributed by atoms with E-state index in [1.807, 2.05) is 25.1 Å². The van der Waals surface area contributed by atoms with Crippen molar-refractivity contribution in [2.45, 2.75) is 47.5 Å². The van der Waals surface area contributed by atoms with Gasteiger partial charge >= 0.3 is 0 Å². The summed E-state index contributed by atoms with van der Waals surface area (Å²) in [5.41, 5.74) is 2.70. The predicted octanol–water partition coefficient (Wildman–Crippen LogP) is 3.96. The zero-order valence-electron chi connectivity index (χ0n) is 14.6. The van der Waals surface area contributed by atoms with E-state index in [9.17, 15) is 9.59 Å². The molecule has 0 saturated heterocycles. The van der Waals surface area contributed by atoms with Gasteiger partial charge in [-0.05, 0) is 48.3 Å². The molecule has 124 valence electrons. The van der Waals surface area contributed by atoms with Crippen LogP contribution in [0.3, 0.4) is 0 Å². The van der Waals surface area contributed by atoms with Crippen molar-refractivity contribution in [2.75, 3.05) is 10.6 Å². The van der Waals surface area contributed by atoms with Gasteiger partial charge in [-0.1, -0.05) is 33.8 Å². The van der Waals surface area contributed by atoms with Crippen LogP contribution in [0.15, 0.2) is 18.2 Å². The maximum Gasteiger partial charge on any atom is 0.228 e. The normalized spacial score (nSPS) is 26.3. The molecule has 1 aromatic carbocycles. The monoisotopic (exact) mass is 314 g/mol. The van der Waals surface area contributed by atoms with Gasteiger partial charge in [0.15, 0.2) is 0 Å². The maximum absolute atomic E-state index is 12.3. The summed E-state index contributed by atoms with van der Waals surface area (Å²) >= 11 is 0. The number of carbonyl (C=O) groups is 2. The Hall–Kier alpha value is -1.84. The lowest BCUT2D eigenvalue weighted by atomic mass is 10.1. The first-order valence-corrected chi connectivity index (χ1v) is 8.33. The van der Waals surface area contributed by atoms with E-state index in [0.29, 0.717) is 0 Å². The van der Waals surface area contributed by atoms with Crippen LogP contribution in [0.1, 0.15) is 46.1 Å². The van der Waals surface area contributed by atoms with Crippen LogP contribution in [0.5, 0.6) is 0 Å². The highest BCUT2D eigenvalue weighted by Gasteiger charge is 2.51. The van der Waals surface area contributed by atoms with E-state index >= 15 is 0 Å². The molecule has 0 bridgehead atoms. The summed E-state index contributed by atoms with van der Waals surface area (Å²) in [6.07, 6.45) is 1.87. The molecule has 1 aromatic rings. The molecule has 0 aliphatic heterocycles. The molecule has 2 aliphatic carbocycles. The second kappa shape index (κ2) is 5.08. The number of anilines is 2. The van der Waals surface area contributed by atoms with Gasteiger partial charge in [-0.2, -0.15) is 0 Å². The Morgan fingerprint density at radius 1 is 0.913 bits per heavy atom. The Balaban J connectivity index is 1.69. The smallest absolute Gasteiger partial charge is 0.228 e. The third-order valence-electron chi connectivity index (χ3n) is 5.51. The third-order valence-corrected chi connectivity index (χ3v) is 5.51. The molecular formula is C19H26N2O2. The highest BCUT2D eigenvalue weighted by molar-refractivity contribution is 5.99. The van der Waals surface area contributed by atoms with E-state index in [4.69, 9.17) is 0 Å². The second-order valence-electron chi connectivity index (χ2n) is 8.45. The lowest BCUT2D eigenvalue weighted by Crippen LogP contribution is -2.19. The zero-order chi connectivity index (χ0) is 17.0. The average Bonchev–Trinajstić information content (AvgIpc) is 3.29. The van der Waals surface area contributed by atoms with Crippen LogP contribution in [0.4, 0.5) is 11.4 Å². The molecule has 2 aliphatic rings. The number of hydrogen-bond acceptors (Lipinski definition) is 2. The SMILES string of the molecule is Cc1c(NC(=O)C2CC2(C)C)cccc1NC(=O)C1CC1(C)C. The van der Waals surface area contributed by atoms with E-state index in [1.54, 1.807) is 0 Å². The Labute approximate surface area is 138 Å². The molecule has 4 heteroatoms. The second-order valence-corrected chi connectivity index (χ2v) is 8.45. The first-order chi connectivity index (χ1) is 10.6. The largest absolute Gasteiger partial charge is 0.326 e. The Bertz CT molecular complexity index is 622. The summed E-state index contributed by atoms with van der Waals surface area (Å²) in [4.78, 5) is 24.6. The van der Waals surface area contributed by atoms with E-state index in [2.05, 4.69) is 38.3 Å². The summed E-state index contributed by atoms with van der Waals surface area (Å²) in [5, 5.41) is 6.02. The number of amides is 2. The molecular weight excluding hydrogens is 288 g/mol. The molecule has 0 radical (unpaired) electrons. The average molecular weight is 314 g/mol. The van der Waals surface area contributed by atoms with E-state index in [-0.39, 0.29) is 34.5 Å². The van der Waals surface area contributed by atoms with E-state index in [1.165, 1.54) is 0 Å².